The molecule has 0 aliphatic carbocycles. The maximum absolute atomic E-state index is 5.14. The lowest BCUT2D eigenvalue weighted by atomic mass is 10.2. The van der Waals surface area contributed by atoms with Gasteiger partial charge in [0.2, 0.25) is 0 Å². The van der Waals surface area contributed by atoms with E-state index in [0.717, 1.165) is 12.2 Å². The smallest absolute Gasteiger partial charge is 0.129 e. The van der Waals surface area contributed by atoms with Crippen LogP contribution in [0.4, 0.5) is 0 Å². The lowest BCUT2D eigenvalue weighted by Gasteiger charge is -2.09. The number of hydrogen-bond acceptors (Lipinski definition) is 3. The van der Waals surface area contributed by atoms with Crippen molar-refractivity contribution in [1.29, 1.82) is 0 Å². The van der Waals surface area contributed by atoms with E-state index in [1.807, 2.05) is 19.4 Å². The minimum absolute atomic E-state index is 0.316. The van der Waals surface area contributed by atoms with Crippen LogP contribution < -0.4 is 10.1 Å². The Morgan fingerprint density at radius 2 is 2.43 bits per heavy atom. The lowest BCUT2D eigenvalue weighted by molar-refractivity contribution is 0.416. The van der Waals surface area contributed by atoms with Gasteiger partial charge in [-0.05, 0) is 20.0 Å². The zero-order chi connectivity index (χ0) is 10.4. The Hall–Kier alpha value is -0.980. The summed E-state index contributed by atoms with van der Waals surface area (Å²) in [6.07, 6.45) is 0.844. The summed E-state index contributed by atoms with van der Waals surface area (Å²) in [4.78, 5) is 1.27. The van der Waals surface area contributed by atoms with Crippen LogP contribution in [0, 0.1) is 11.8 Å². The second-order valence-corrected chi connectivity index (χ2v) is 3.80. The normalized spacial score (nSPS) is 11.6. The van der Waals surface area contributed by atoms with E-state index in [1.54, 1.807) is 18.4 Å². The Kier molecular flexibility index (Phi) is 4.51. The highest BCUT2D eigenvalue weighted by atomic mass is 32.1. The van der Waals surface area contributed by atoms with E-state index in [2.05, 4.69) is 23.2 Å². The molecule has 1 rings (SSSR count). The standard InChI is InChI=1S/C11H15NOS/c1-4-5-6-10(12-2)11-7-9(13-3)8-14-11/h7-8,10,12H,6H2,1-3H3. The molecule has 0 fully saturated rings. The molecule has 0 aliphatic rings. The summed E-state index contributed by atoms with van der Waals surface area (Å²) in [7, 11) is 3.64. The van der Waals surface area contributed by atoms with Gasteiger partial charge in [-0.25, -0.2) is 0 Å². The summed E-state index contributed by atoms with van der Waals surface area (Å²) < 4.78 is 5.14. The van der Waals surface area contributed by atoms with Gasteiger partial charge in [0.15, 0.2) is 0 Å². The molecule has 0 aromatic carbocycles. The van der Waals surface area contributed by atoms with Crippen molar-refractivity contribution in [3.8, 4) is 17.6 Å². The van der Waals surface area contributed by atoms with Crippen molar-refractivity contribution < 1.29 is 4.74 Å². The highest BCUT2D eigenvalue weighted by Crippen LogP contribution is 2.28. The Balaban J connectivity index is 2.71. The van der Waals surface area contributed by atoms with E-state index in [-0.39, 0.29) is 0 Å². The molecule has 1 aromatic heterocycles. The average molecular weight is 209 g/mol. The molecule has 0 bridgehead atoms. The minimum Gasteiger partial charge on any atom is -0.496 e. The fourth-order valence-corrected chi connectivity index (χ4v) is 2.14. The molecule has 14 heavy (non-hydrogen) atoms. The summed E-state index contributed by atoms with van der Waals surface area (Å²) >= 11 is 1.70. The lowest BCUT2D eigenvalue weighted by Crippen LogP contribution is -2.14. The summed E-state index contributed by atoms with van der Waals surface area (Å²) in [5, 5.41) is 5.26. The number of thiophene rings is 1. The SMILES string of the molecule is CC#CCC(NC)c1cc(OC)cs1. The summed E-state index contributed by atoms with van der Waals surface area (Å²) in [5.74, 6) is 6.91. The summed E-state index contributed by atoms with van der Waals surface area (Å²) in [5.41, 5.74) is 0. The van der Waals surface area contributed by atoms with Crippen molar-refractivity contribution in [3.05, 3.63) is 16.3 Å². The molecule has 0 saturated carbocycles. The van der Waals surface area contributed by atoms with Gasteiger partial charge in [-0.1, -0.05) is 0 Å². The van der Waals surface area contributed by atoms with Gasteiger partial charge < -0.3 is 10.1 Å². The Bertz CT molecular complexity index is 335. The van der Waals surface area contributed by atoms with Crippen LogP contribution in [0.2, 0.25) is 0 Å². The second kappa shape index (κ2) is 5.69. The maximum atomic E-state index is 5.14. The minimum atomic E-state index is 0.316. The Morgan fingerprint density at radius 1 is 1.64 bits per heavy atom. The highest BCUT2D eigenvalue weighted by molar-refractivity contribution is 7.10. The molecule has 1 N–H and O–H groups in total. The van der Waals surface area contributed by atoms with Crippen molar-refractivity contribution in [2.24, 2.45) is 0 Å². The van der Waals surface area contributed by atoms with Crippen LogP contribution in [0.5, 0.6) is 5.75 Å². The molecule has 1 heterocycles. The molecule has 0 radical (unpaired) electrons. The third kappa shape index (κ3) is 2.76. The largest absolute Gasteiger partial charge is 0.496 e. The number of methoxy groups -OCH3 is 1. The third-order valence-corrected chi connectivity index (χ3v) is 3.03. The van der Waals surface area contributed by atoms with Crippen molar-refractivity contribution >= 4 is 11.3 Å². The molecule has 1 unspecified atom stereocenters. The van der Waals surface area contributed by atoms with Gasteiger partial charge in [0, 0.05) is 16.7 Å². The fourth-order valence-electron chi connectivity index (χ4n) is 1.17. The molecule has 1 atom stereocenters. The number of nitrogens with one attached hydrogen (secondary N) is 1. The van der Waals surface area contributed by atoms with Crippen LogP contribution in [-0.4, -0.2) is 14.2 Å². The number of rotatable bonds is 4. The zero-order valence-corrected chi connectivity index (χ0v) is 9.57. The molecule has 1 aromatic rings. The summed E-state index contributed by atoms with van der Waals surface area (Å²) in [6.45, 7) is 1.86. The van der Waals surface area contributed by atoms with Crippen LogP contribution >= 0.6 is 11.3 Å². The van der Waals surface area contributed by atoms with E-state index in [9.17, 15) is 0 Å². The van der Waals surface area contributed by atoms with Crippen LogP contribution in [0.15, 0.2) is 11.4 Å². The van der Waals surface area contributed by atoms with Crippen LogP contribution in [0.1, 0.15) is 24.3 Å². The number of hydrogen-bond donors (Lipinski definition) is 1. The molecular formula is C11H15NOS. The van der Waals surface area contributed by atoms with Gasteiger partial charge in [-0.3, -0.25) is 0 Å². The topological polar surface area (TPSA) is 21.3 Å². The molecule has 0 saturated heterocycles. The summed E-state index contributed by atoms with van der Waals surface area (Å²) in [6, 6.07) is 2.37. The van der Waals surface area contributed by atoms with Crippen molar-refractivity contribution in [1.82, 2.24) is 5.32 Å². The molecule has 76 valence electrons. The van der Waals surface area contributed by atoms with Gasteiger partial charge in [-0.2, -0.15) is 0 Å². The Morgan fingerprint density at radius 3 is 2.93 bits per heavy atom. The fraction of sp³-hybridized carbons (Fsp3) is 0.455. The monoisotopic (exact) mass is 209 g/mol. The molecule has 0 amide bonds. The zero-order valence-electron chi connectivity index (χ0n) is 8.76. The molecular weight excluding hydrogens is 194 g/mol. The van der Waals surface area contributed by atoms with Gasteiger partial charge >= 0.3 is 0 Å². The first-order valence-corrected chi connectivity index (χ1v) is 5.39. The van der Waals surface area contributed by atoms with Gasteiger partial charge in [0.1, 0.15) is 5.75 Å². The highest BCUT2D eigenvalue weighted by Gasteiger charge is 2.10. The van der Waals surface area contributed by atoms with E-state index in [4.69, 9.17) is 4.74 Å². The van der Waals surface area contributed by atoms with Gasteiger partial charge in [0.25, 0.3) is 0 Å². The van der Waals surface area contributed by atoms with Crippen LogP contribution in [0.25, 0.3) is 0 Å². The predicted octanol–water partition coefficient (Wildman–Crippen LogP) is 2.43. The number of ether oxygens (including phenoxy) is 1. The Labute approximate surface area is 89.3 Å². The maximum Gasteiger partial charge on any atom is 0.129 e. The molecule has 0 spiro atoms. The van der Waals surface area contributed by atoms with Crippen LogP contribution in [-0.2, 0) is 0 Å². The third-order valence-electron chi connectivity index (χ3n) is 2.01. The van der Waals surface area contributed by atoms with Crippen molar-refractivity contribution in [2.45, 2.75) is 19.4 Å². The second-order valence-electron chi connectivity index (χ2n) is 2.86. The first-order valence-electron chi connectivity index (χ1n) is 4.51. The quantitative estimate of drug-likeness (QED) is 0.769. The van der Waals surface area contributed by atoms with E-state index in [0.29, 0.717) is 6.04 Å². The van der Waals surface area contributed by atoms with E-state index >= 15 is 0 Å². The van der Waals surface area contributed by atoms with E-state index < -0.39 is 0 Å². The molecule has 2 nitrogen and oxygen atoms in total. The predicted molar refractivity (Wildman–Crippen MR) is 60.7 cm³/mol. The van der Waals surface area contributed by atoms with Gasteiger partial charge in [-0.15, -0.1) is 23.2 Å². The van der Waals surface area contributed by atoms with Crippen LogP contribution in [0.3, 0.4) is 0 Å². The van der Waals surface area contributed by atoms with Gasteiger partial charge in [0.05, 0.1) is 13.2 Å². The van der Waals surface area contributed by atoms with E-state index in [1.165, 1.54) is 4.88 Å². The first kappa shape index (κ1) is 11.1. The molecule has 3 heteroatoms. The molecule has 0 aliphatic heterocycles. The average Bonchev–Trinajstić information content (AvgIpc) is 2.68. The first-order chi connectivity index (χ1) is 6.81. The van der Waals surface area contributed by atoms with Crippen molar-refractivity contribution in [2.75, 3.05) is 14.2 Å². The van der Waals surface area contributed by atoms with Crippen molar-refractivity contribution in [3.63, 3.8) is 0 Å².